The SMILES string of the molecule is Cc1csc(Cl)c1Nc1nc2ccccc2[nH]1.O=C(O)c1ccccc1. The predicted molar refractivity (Wildman–Crippen MR) is 107 cm³/mol. The Labute approximate surface area is 159 Å². The lowest BCUT2D eigenvalue weighted by atomic mass is 10.2. The van der Waals surface area contributed by atoms with Gasteiger partial charge in [0, 0.05) is 0 Å². The Hall–Kier alpha value is -2.83. The van der Waals surface area contributed by atoms with E-state index in [2.05, 4.69) is 15.3 Å². The number of aromatic carboxylic acids is 1. The fourth-order valence-corrected chi connectivity index (χ4v) is 3.33. The van der Waals surface area contributed by atoms with E-state index in [1.165, 1.54) is 11.3 Å². The maximum absolute atomic E-state index is 10.2. The first-order chi connectivity index (χ1) is 12.5. The van der Waals surface area contributed by atoms with Crippen molar-refractivity contribution in [2.75, 3.05) is 5.32 Å². The van der Waals surface area contributed by atoms with Crippen molar-refractivity contribution in [3.63, 3.8) is 0 Å². The molecule has 0 bridgehead atoms. The molecule has 0 aliphatic carbocycles. The zero-order valence-corrected chi connectivity index (χ0v) is 15.4. The number of carbonyl (C=O) groups is 1. The van der Waals surface area contributed by atoms with Crippen LogP contribution in [-0.2, 0) is 0 Å². The van der Waals surface area contributed by atoms with Crippen LogP contribution in [0.4, 0.5) is 11.6 Å². The summed E-state index contributed by atoms with van der Waals surface area (Å²) in [6.45, 7) is 2.02. The third-order valence-corrected chi connectivity index (χ3v) is 4.92. The quantitative estimate of drug-likeness (QED) is 0.421. The van der Waals surface area contributed by atoms with Crippen LogP contribution >= 0.6 is 22.9 Å². The van der Waals surface area contributed by atoms with E-state index in [0.717, 1.165) is 32.6 Å². The van der Waals surface area contributed by atoms with Crippen molar-refractivity contribution in [1.82, 2.24) is 9.97 Å². The fraction of sp³-hybridized carbons (Fsp3) is 0.0526. The van der Waals surface area contributed by atoms with Gasteiger partial charge in [0.2, 0.25) is 5.95 Å². The topological polar surface area (TPSA) is 78.0 Å². The number of aryl methyl sites for hydroxylation is 1. The molecular formula is C19H16ClN3O2S. The summed E-state index contributed by atoms with van der Waals surface area (Å²) in [6.07, 6.45) is 0. The van der Waals surface area contributed by atoms with Gasteiger partial charge in [-0.05, 0) is 42.1 Å². The highest BCUT2D eigenvalue weighted by Crippen LogP contribution is 2.34. The Bertz CT molecular complexity index is 975. The smallest absolute Gasteiger partial charge is 0.335 e. The lowest BCUT2D eigenvalue weighted by molar-refractivity contribution is 0.0697. The number of aromatic nitrogens is 2. The monoisotopic (exact) mass is 385 g/mol. The van der Waals surface area contributed by atoms with Gasteiger partial charge in [0.05, 0.1) is 22.3 Å². The molecule has 0 saturated heterocycles. The highest BCUT2D eigenvalue weighted by Gasteiger charge is 2.09. The Morgan fingerprint density at radius 1 is 1.15 bits per heavy atom. The number of hydrogen-bond donors (Lipinski definition) is 3. The molecule has 0 unspecified atom stereocenters. The van der Waals surface area contributed by atoms with Gasteiger partial charge in [-0.1, -0.05) is 41.9 Å². The summed E-state index contributed by atoms with van der Waals surface area (Å²) in [4.78, 5) is 17.9. The van der Waals surface area contributed by atoms with Gasteiger partial charge in [0.1, 0.15) is 4.34 Å². The number of nitrogens with zero attached hydrogens (tertiary/aromatic N) is 1. The van der Waals surface area contributed by atoms with Crippen LogP contribution in [0, 0.1) is 6.92 Å². The van der Waals surface area contributed by atoms with Crippen LogP contribution in [0.3, 0.4) is 0 Å². The lowest BCUT2D eigenvalue weighted by Crippen LogP contribution is -1.93. The van der Waals surface area contributed by atoms with Gasteiger partial charge in [-0.15, -0.1) is 11.3 Å². The second-order valence-electron chi connectivity index (χ2n) is 5.47. The van der Waals surface area contributed by atoms with Crippen LogP contribution in [0.25, 0.3) is 11.0 Å². The van der Waals surface area contributed by atoms with Gasteiger partial charge in [0.25, 0.3) is 0 Å². The predicted octanol–water partition coefficient (Wildman–Crippen LogP) is 5.71. The van der Waals surface area contributed by atoms with Crippen molar-refractivity contribution in [3.8, 4) is 0 Å². The van der Waals surface area contributed by atoms with Gasteiger partial charge in [-0.2, -0.15) is 0 Å². The molecule has 5 nitrogen and oxygen atoms in total. The lowest BCUT2D eigenvalue weighted by Gasteiger charge is -2.01. The number of imidazole rings is 1. The van der Waals surface area contributed by atoms with E-state index in [4.69, 9.17) is 16.7 Å². The average Bonchev–Trinajstić information content (AvgIpc) is 3.21. The number of halogens is 1. The molecule has 0 spiro atoms. The van der Waals surface area contributed by atoms with Crippen molar-refractivity contribution >= 4 is 51.6 Å². The number of para-hydroxylation sites is 2. The summed E-state index contributed by atoms with van der Waals surface area (Å²) in [5.74, 6) is -0.162. The van der Waals surface area contributed by atoms with Gasteiger partial charge < -0.3 is 15.4 Å². The summed E-state index contributed by atoms with van der Waals surface area (Å²) in [6, 6.07) is 16.2. The standard InChI is InChI=1S/C12H10ClN3S.C7H6O2/c1-7-6-17-11(13)10(7)16-12-14-8-4-2-3-5-9(8)15-12;8-7(9)6-4-2-1-3-5-6/h2-6H,1H3,(H2,14,15,16);1-5H,(H,8,9). The highest BCUT2D eigenvalue weighted by atomic mass is 35.5. The molecule has 2 aromatic heterocycles. The zero-order chi connectivity index (χ0) is 18.5. The van der Waals surface area contributed by atoms with Gasteiger partial charge in [-0.25, -0.2) is 9.78 Å². The Kier molecular flexibility index (Phi) is 5.55. The molecule has 3 N–H and O–H groups in total. The molecule has 26 heavy (non-hydrogen) atoms. The van der Waals surface area contributed by atoms with E-state index in [9.17, 15) is 4.79 Å². The Balaban J connectivity index is 0.000000185. The van der Waals surface area contributed by atoms with E-state index < -0.39 is 5.97 Å². The zero-order valence-electron chi connectivity index (χ0n) is 13.9. The first-order valence-corrected chi connectivity index (χ1v) is 9.04. The van der Waals surface area contributed by atoms with Crippen LogP contribution in [0.1, 0.15) is 15.9 Å². The number of carboxylic acids is 1. The van der Waals surface area contributed by atoms with Gasteiger partial charge >= 0.3 is 5.97 Å². The number of anilines is 2. The van der Waals surface area contributed by atoms with E-state index in [0.29, 0.717) is 5.56 Å². The van der Waals surface area contributed by atoms with E-state index in [-0.39, 0.29) is 0 Å². The summed E-state index contributed by atoms with van der Waals surface area (Å²) < 4.78 is 0.753. The minimum Gasteiger partial charge on any atom is -0.478 e. The molecule has 0 aliphatic rings. The summed E-state index contributed by atoms with van der Waals surface area (Å²) in [5.41, 5.74) is 4.34. The normalized spacial score (nSPS) is 10.2. The van der Waals surface area contributed by atoms with Crippen molar-refractivity contribution in [1.29, 1.82) is 0 Å². The molecule has 0 saturated carbocycles. The van der Waals surface area contributed by atoms with E-state index >= 15 is 0 Å². The second kappa shape index (κ2) is 8.03. The summed E-state index contributed by atoms with van der Waals surface area (Å²) >= 11 is 7.63. The number of fused-ring (bicyclic) bond motifs is 1. The summed E-state index contributed by atoms with van der Waals surface area (Å²) in [7, 11) is 0. The molecule has 0 fully saturated rings. The van der Waals surface area contributed by atoms with E-state index in [1.807, 2.05) is 36.6 Å². The molecule has 4 rings (SSSR count). The third-order valence-electron chi connectivity index (χ3n) is 3.58. The number of aromatic amines is 1. The molecule has 7 heteroatoms. The van der Waals surface area contributed by atoms with Gasteiger partial charge in [-0.3, -0.25) is 0 Å². The first-order valence-electron chi connectivity index (χ1n) is 7.78. The maximum atomic E-state index is 10.2. The summed E-state index contributed by atoms with van der Waals surface area (Å²) in [5, 5.41) is 13.6. The highest BCUT2D eigenvalue weighted by molar-refractivity contribution is 7.15. The number of hydrogen-bond acceptors (Lipinski definition) is 4. The number of benzene rings is 2. The van der Waals surface area contributed by atoms with Gasteiger partial charge in [0.15, 0.2) is 0 Å². The number of H-pyrrole nitrogens is 1. The first kappa shape index (κ1) is 18.0. The second-order valence-corrected chi connectivity index (χ2v) is 6.95. The van der Waals surface area contributed by atoms with Crippen molar-refractivity contribution in [2.45, 2.75) is 6.92 Å². The molecule has 4 aromatic rings. The maximum Gasteiger partial charge on any atom is 0.335 e. The van der Waals surface area contributed by atoms with Crippen molar-refractivity contribution in [3.05, 3.63) is 75.4 Å². The Morgan fingerprint density at radius 3 is 2.42 bits per heavy atom. The van der Waals surface area contributed by atoms with Crippen molar-refractivity contribution in [2.24, 2.45) is 0 Å². The van der Waals surface area contributed by atoms with Crippen LogP contribution in [0.15, 0.2) is 60.0 Å². The molecular weight excluding hydrogens is 370 g/mol. The van der Waals surface area contributed by atoms with Crippen molar-refractivity contribution < 1.29 is 9.90 Å². The van der Waals surface area contributed by atoms with Crippen LogP contribution in [0.2, 0.25) is 4.34 Å². The van der Waals surface area contributed by atoms with Crippen LogP contribution in [0.5, 0.6) is 0 Å². The van der Waals surface area contributed by atoms with E-state index in [1.54, 1.807) is 30.3 Å². The molecule has 0 atom stereocenters. The van der Waals surface area contributed by atoms with Crippen LogP contribution < -0.4 is 5.32 Å². The fourth-order valence-electron chi connectivity index (χ4n) is 2.27. The molecule has 0 radical (unpaired) electrons. The molecule has 2 heterocycles. The largest absolute Gasteiger partial charge is 0.478 e. The minimum atomic E-state index is -0.879. The minimum absolute atomic E-state index is 0.331. The molecule has 0 aliphatic heterocycles. The molecule has 2 aromatic carbocycles. The third kappa shape index (κ3) is 4.22. The number of nitrogens with one attached hydrogen (secondary N) is 2. The number of rotatable bonds is 3. The number of carboxylic acid groups (broad SMARTS) is 1. The average molecular weight is 386 g/mol. The Morgan fingerprint density at radius 2 is 1.85 bits per heavy atom. The number of thiophene rings is 1. The van der Waals surface area contributed by atoms with Crippen LogP contribution in [-0.4, -0.2) is 21.0 Å². The molecule has 132 valence electrons. The molecule has 0 amide bonds.